The van der Waals surface area contributed by atoms with Crippen LogP contribution in [0.1, 0.15) is 11.5 Å². The van der Waals surface area contributed by atoms with E-state index in [1.165, 1.54) is 19.2 Å². The van der Waals surface area contributed by atoms with Gasteiger partial charge in [-0.25, -0.2) is 14.0 Å². The molecule has 2 aromatic carbocycles. The molecular formula is C23H19ClFN3O5. The maximum absolute atomic E-state index is 15.4. The third-order valence-corrected chi connectivity index (χ3v) is 5.38. The Labute approximate surface area is 194 Å². The predicted octanol–water partition coefficient (Wildman–Crippen LogP) is 3.39. The van der Waals surface area contributed by atoms with Crippen molar-refractivity contribution in [3.8, 4) is 11.8 Å². The second-order valence-electron chi connectivity index (χ2n) is 6.75. The van der Waals surface area contributed by atoms with E-state index in [9.17, 15) is 14.9 Å². The first-order chi connectivity index (χ1) is 15.8. The Kier molecular flexibility index (Phi) is 6.89. The van der Waals surface area contributed by atoms with Crippen LogP contribution in [0.3, 0.4) is 0 Å². The van der Waals surface area contributed by atoms with Crippen molar-refractivity contribution in [1.29, 1.82) is 5.26 Å². The van der Waals surface area contributed by atoms with E-state index in [0.29, 0.717) is 5.56 Å². The Bertz CT molecular complexity index is 1220. The summed E-state index contributed by atoms with van der Waals surface area (Å²) in [6.07, 6.45) is 0. The highest BCUT2D eigenvalue weighted by atomic mass is 35.5. The number of carbonyl (C=O) groups is 2. The van der Waals surface area contributed by atoms with Crippen LogP contribution in [-0.2, 0) is 19.1 Å². The number of nitriles is 1. The number of esters is 2. The highest BCUT2D eigenvalue weighted by molar-refractivity contribution is 6.32. The lowest BCUT2D eigenvalue weighted by molar-refractivity contribution is -0.139. The summed E-state index contributed by atoms with van der Waals surface area (Å²) in [6, 6.07) is 13.0. The van der Waals surface area contributed by atoms with E-state index >= 15 is 4.39 Å². The molecule has 0 aliphatic carbocycles. The SMILES string of the molecule is COC(=O)C1=C(C(=O)OC)N(c2ccc(Cl)c(OC)c2F)C(N)=C(C#N)C1c1ccccc1. The van der Waals surface area contributed by atoms with E-state index in [1.807, 2.05) is 6.07 Å². The summed E-state index contributed by atoms with van der Waals surface area (Å²) in [5.41, 5.74) is 5.80. The van der Waals surface area contributed by atoms with Gasteiger partial charge in [0.1, 0.15) is 11.5 Å². The molecule has 0 radical (unpaired) electrons. The molecule has 0 amide bonds. The number of hydrogen-bond donors (Lipinski definition) is 1. The van der Waals surface area contributed by atoms with Gasteiger partial charge in [0.15, 0.2) is 11.6 Å². The van der Waals surface area contributed by atoms with E-state index in [-0.39, 0.29) is 33.4 Å². The number of nitrogens with zero attached hydrogens (tertiary/aromatic N) is 2. The van der Waals surface area contributed by atoms with Crippen molar-refractivity contribution in [2.24, 2.45) is 5.73 Å². The number of methoxy groups -OCH3 is 3. The van der Waals surface area contributed by atoms with Gasteiger partial charge in [0.05, 0.1) is 55.2 Å². The minimum atomic E-state index is -1.06. The quantitative estimate of drug-likeness (QED) is 0.660. The first-order valence-electron chi connectivity index (χ1n) is 9.49. The van der Waals surface area contributed by atoms with Crippen LogP contribution in [0.25, 0.3) is 0 Å². The molecule has 3 rings (SSSR count). The number of anilines is 1. The highest BCUT2D eigenvalue weighted by Gasteiger charge is 2.43. The van der Waals surface area contributed by atoms with Gasteiger partial charge < -0.3 is 19.9 Å². The molecule has 1 aliphatic heterocycles. The van der Waals surface area contributed by atoms with Crippen molar-refractivity contribution in [3.63, 3.8) is 0 Å². The molecule has 0 spiro atoms. The molecule has 1 atom stereocenters. The molecule has 2 aromatic rings. The number of nitrogens with two attached hydrogens (primary N) is 1. The van der Waals surface area contributed by atoms with Gasteiger partial charge in [-0.1, -0.05) is 41.9 Å². The number of benzene rings is 2. The van der Waals surface area contributed by atoms with Crippen molar-refractivity contribution in [1.82, 2.24) is 0 Å². The van der Waals surface area contributed by atoms with Crippen LogP contribution in [0.15, 0.2) is 65.1 Å². The van der Waals surface area contributed by atoms with Crippen LogP contribution >= 0.6 is 11.6 Å². The molecule has 0 aromatic heterocycles. The molecule has 10 heteroatoms. The monoisotopic (exact) mass is 471 g/mol. The van der Waals surface area contributed by atoms with Gasteiger partial charge in [-0.15, -0.1) is 0 Å². The van der Waals surface area contributed by atoms with E-state index < -0.39 is 29.4 Å². The average Bonchev–Trinajstić information content (AvgIpc) is 2.83. The Hall–Kier alpha value is -4.03. The number of ether oxygens (including phenoxy) is 3. The Morgan fingerprint density at radius 2 is 1.73 bits per heavy atom. The summed E-state index contributed by atoms with van der Waals surface area (Å²) < 4.78 is 30.2. The van der Waals surface area contributed by atoms with Crippen LogP contribution in [0.2, 0.25) is 5.02 Å². The minimum Gasteiger partial charge on any atom is -0.492 e. The van der Waals surface area contributed by atoms with Crippen molar-refractivity contribution in [2.75, 3.05) is 26.2 Å². The van der Waals surface area contributed by atoms with Gasteiger partial charge in [-0.2, -0.15) is 5.26 Å². The molecule has 0 saturated heterocycles. The second kappa shape index (κ2) is 9.63. The summed E-state index contributed by atoms with van der Waals surface area (Å²) in [6.45, 7) is 0. The van der Waals surface area contributed by atoms with Crippen molar-refractivity contribution in [2.45, 2.75) is 5.92 Å². The van der Waals surface area contributed by atoms with Crippen molar-refractivity contribution in [3.05, 3.63) is 81.5 Å². The van der Waals surface area contributed by atoms with Crippen LogP contribution in [0, 0.1) is 17.1 Å². The molecule has 0 saturated carbocycles. The zero-order chi connectivity index (χ0) is 24.3. The molecule has 0 bridgehead atoms. The normalized spacial score (nSPS) is 15.8. The second-order valence-corrected chi connectivity index (χ2v) is 7.16. The first kappa shape index (κ1) is 23.6. The molecule has 8 nitrogen and oxygen atoms in total. The standard InChI is InChI=1S/C23H19ClFN3O5/c1-31-20-14(24)9-10-15(18(20)25)28-19(23(30)33-3)17(22(29)32-2)16(13(11-26)21(28)27)12-7-5-4-6-8-12/h4-10,16H,27H2,1-3H3. The summed E-state index contributed by atoms with van der Waals surface area (Å²) in [7, 11) is 3.43. The lowest BCUT2D eigenvalue weighted by Crippen LogP contribution is -2.41. The summed E-state index contributed by atoms with van der Waals surface area (Å²) >= 11 is 6.01. The fourth-order valence-electron chi connectivity index (χ4n) is 3.65. The third kappa shape index (κ3) is 3.97. The molecule has 33 heavy (non-hydrogen) atoms. The minimum absolute atomic E-state index is 0.0298. The van der Waals surface area contributed by atoms with E-state index in [4.69, 9.17) is 31.5 Å². The fourth-order valence-corrected chi connectivity index (χ4v) is 3.87. The number of hydrogen-bond acceptors (Lipinski definition) is 8. The Balaban J connectivity index is 2.46. The van der Waals surface area contributed by atoms with E-state index in [0.717, 1.165) is 19.1 Å². The smallest absolute Gasteiger partial charge is 0.355 e. The van der Waals surface area contributed by atoms with Gasteiger partial charge in [0.2, 0.25) is 0 Å². The molecule has 1 heterocycles. The lowest BCUT2D eigenvalue weighted by Gasteiger charge is -2.36. The summed E-state index contributed by atoms with van der Waals surface area (Å²) in [5.74, 6) is -4.53. The maximum atomic E-state index is 15.4. The van der Waals surface area contributed by atoms with Crippen LogP contribution in [-0.4, -0.2) is 33.3 Å². The number of rotatable bonds is 5. The number of allylic oxidation sites excluding steroid dienone is 1. The summed E-state index contributed by atoms with van der Waals surface area (Å²) in [5, 5.41) is 9.95. The van der Waals surface area contributed by atoms with Gasteiger partial charge in [-0.05, 0) is 17.7 Å². The number of halogens is 2. The topological polar surface area (TPSA) is 115 Å². The third-order valence-electron chi connectivity index (χ3n) is 5.08. The molecule has 1 aliphatic rings. The Morgan fingerprint density at radius 1 is 1.09 bits per heavy atom. The molecule has 2 N–H and O–H groups in total. The lowest BCUT2D eigenvalue weighted by atomic mass is 9.81. The van der Waals surface area contributed by atoms with Crippen LogP contribution in [0.5, 0.6) is 5.75 Å². The van der Waals surface area contributed by atoms with Crippen molar-refractivity contribution >= 4 is 29.2 Å². The maximum Gasteiger partial charge on any atom is 0.355 e. The van der Waals surface area contributed by atoms with Crippen LogP contribution < -0.4 is 15.4 Å². The molecule has 170 valence electrons. The zero-order valence-electron chi connectivity index (χ0n) is 17.9. The highest BCUT2D eigenvalue weighted by Crippen LogP contribution is 2.45. The molecule has 0 fully saturated rings. The zero-order valence-corrected chi connectivity index (χ0v) is 18.6. The van der Waals surface area contributed by atoms with E-state index in [2.05, 4.69) is 0 Å². The van der Waals surface area contributed by atoms with Gasteiger partial charge in [0, 0.05) is 0 Å². The van der Waals surface area contributed by atoms with E-state index in [1.54, 1.807) is 30.3 Å². The average molecular weight is 472 g/mol. The first-order valence-corrected chi connectivity index (χ1v) is 9.87. The fraction of sp³-hybridized carbons (Fsp3) is 0.174. The molecular weight excluding hydrogens is 453 g/mol. The van der Waals surface area contributed by atoms with Crippen LogP contribution in [0.4, 0.5) is 10.1 Å². The van der Waals surface area contributed by atoms with Gasteiger partial charge in [-0.3, -0.25) is 4.90 Å². The van der Waals surface area contributed by atoms with Gasteiger partial charge in [0.25, 0.3) is 0 Å². The van der Waals surface area contributed by atoms with Gasteiger partial charge >= 0.3 is 11.9 Å². The molecule has 1 unspecified atom stereocenters. The van der Waals surface area contributed by atoms with Crippen molar-refractivity contribution < 1.29 is 28.2 Å². The Morgan fingerprint density at radius 3 is 2.27 bits per heavy atom. The predicted molar refractivity (Wildman–Crippen MR) is 118 cm³/mol. The number of carbonyl (C=O) groups excluding carboxylic acids is 2. The largest absolute Gasteiger partial charge is 0.492 e. The summed E-state index contributed by atoms with van der Waals surface area (Å²) in [4.78, 5) is 26.9.